The summed E-state index contributed by atoms with van der Waals surface area (Å²) in [6, 6.07) is 8.52. The van der Waals surface area contributed by atoms with Crippen LogP contribution in [-0.2, 0) is 0 Å². The van der Waals surface area contributed by atoms with Gasteiger partial charge in [0.05, 0.1) is 6.20 Å². The Bertz CT molecular complexity index is 646. The predicted octanol–water partition coefficient (Wildman–Crippen LogP) is 0.800. The minimum Gasteiger partial charge on any atom is -0.368 e. The van der Waals surface area contributed by atoms with Crippen LogP contribution in [0.1, 0.15) is 5.56 Å². The summed E-state index contributed by atoms with van der Waals surface area (Å²) in [5.41, 5.74) is 2.12. The highest BCUT2D eigenvalue weighted by molar-refractivity contribution is 5.50. The molecule has 0 aliphatic carbocycles. The maximum Gasteiger partial charge on any atom is 0.363 e. The van der Waals surface area contributed by atoms with Gasteiger partial charge in [0.15, 0.2) is 5.82 Å². The Kier molecular flexibility index (Phi) is 3.37. The van der Waals surface area contributed by atoms with Crippen LogP contribution in [0.2, 0.25) is 0 Å². The Morgan fingerprint density at radius 2 is 1.90 bits per heavy atom. The molecule has 20 heavy (non-hydrogen) atoms. The number of benzene rings is 1. The number of aromatic amines is 1. The molecule has 104 valence electrons. The van der Waals surface area contributed by atoms with Crippen molar-refractivity contribution in [1.29, 1.82) is 0 Å². The lowest BCUT2D eigenvalue weighted by Crippen LogP contribution is -2.47. The van der Waals surface area contributed by atoms with Crippen LogP contribution in [0.3, 0.4) is 0 Å². The summed E-state index contributed by atoms with van der Waals surface area (Å²) in [6.07, 6.45) is 1.60. The summed E-state index contributed by atoms with van der Waals surface area (Å²) in [6.45, 7) is 5.61. The molecule has 3 rings (SSSR count). The van der Waals surface area contributed by atoms with E-state index in [4.69, 9.17) is 0 Å². The van der Waals surface area contributed by atoms with Crippen LogP contribution >= 0.6 is 0 Å². The second kappa shape index (κ2) is 5.32. The first kappa shape index (κ1) is 12.7. The zero-order valence-corrected chi connectivity index (χ0v) is 11.4. The number of nitrogens with one attached hydrogen (secondary N) is 1. The molecule has 1 aliphatic rings. The van der Waals surface area contributed by atoms with E-state index in [0.717, 1.165) is 26.2 Å². The molecule has 0 unspecified atom stereocenters. The molecule has 2 heterocycles. The molecule has 1 fully saturated rings. The largest absolute Gasteiger partial charge is 0.368 e. The Balaban J connectivity index is 1.69. The highest BCUT2D eigenvalue weighted by Crippen LogP contribution is 2.19. The fraction of sp³-hybridized carbons (Fsp3) is 0.357. The standard InChI is InChI=1S/C14H17N5O/c1-11-3-2-4-12(9-11)18-5-7-19(8-6-18)13-10-15-17-14(20)16-13/h2-4,9-10H,5-8H2,1H3,(H,16,17,20). The van der Waals surface area contributed by atoms with Crippen molar-refractivity contribution in [3.63, 3.8) is 0 Å². The average Bonchev–Trinajstić information content (AvgIpc) is 2.47. The number of aryl methyl sites for hydroxylation is 1. The van der Waals surface area contributed by atoms with Crippen LogP contribution in [0.5, 0.6) is 0 Å². The van der Waals surface area contributed by atoms with Crippen molar-refractivity contribution in [2.45, 2.75) is 6.92 Å². The number of nitrogens with zero attached hydrogens (tertiary/aromatic N) is 4. The van der Waals surface area contributed by atoms with Gasteiger partial charge in [-0.25, -0.2) is 9.89 Å². The number of hydrogen-bond donors (Lipinski definition) is 1. The molecule has 1 aromatic heterocycles. The van der Waals surface area contributed by atoms with Gasteiger partial charge in [0, 0.05) is 31.9 Å². The molecule has 0 radical (unpaired) electrons. The van der Waals surface area contributed by atoms with E-state index in [2.05, 4.69) is 56.2 Å². The van der Waals surface area contributed by atoms with Crippen LogP contribution in [-0.4, -0.2) is 41.4 Å². The third kappa shape index (κ3) is 2.64. The molecule has 2 aromatic rings. The summed E-state index contributed by atoms with van der Waals surface area (Å²) < 4.78 is 0. The van der Waals surface area contributed by atoms with Crippen LogP contribution in [0, 0.1) is 6.92 Å². The van der Waals surface area contributed by atoms with E-state index >= 15 is 0 Å². The lowest BCUT2D eigenvalue weighted by atomic mass is 10.2. The van der Waals surface area contributed by atoms with Crippen LogP contribution in [0.15, 0.2) is 35.3 Å². The zero-order chi connectivity index (χ0) is 13.9. The van der Waals surface area contributed by atoms with Gasteiger partial charge in [0.2, 0.25) is 0 Å². The van der Waals surface area contributed by atoms with Crippen molar-refractivity contribution in [2.24, 2.45) is 0 Å². The Labute approximate surface area is 117 Å². The molecular formula is C14H17N5O. The van der Waals surface area contributed by atoms with Gasteiger partial charge in [-0.05, 0) is 24.6 Å². The summed E-state index contributed by atoms with van der Waals surface area (Å²) in [7, 11) is 0. The van der Waals surface area contributed by atoms with Gasteiger partial charge in [0.25, 0.3) is 0 Å². The quantitative estimate of drug-likeness (QED) is 0.875. The van der Waals surface area contributed by atoms with Crippen molar-refractivity contribution in [3.05, 3.63) is 46.5 Å². The number of hydrogen-bond acceptors (Lipinski definition) is 5. The molecule has 6 heteroatoms. The van der Waals surface area contributed by atoms with E-state index < -0.39 is 5.69 Å². The molecule has 0 atom stereocenters. The van der Waals surface area contributed by atoms with E-state index in [0.29, 0.717) is 5.82 Å². The van der Waals surface area contributed by atoms with Crippen molar-refractivity contribution < 1.29 is 0 Å². The Morgan fingerprint density at radius 1 is 1.15 bits per heavy atom. The van der Waals surface area contributed by atoms with Gasteiger partial charge in [-0.2, -0.15) is 10.1 Å². The first-order chi connectivity index (χ1) is 9.72. The van der Waals surface area contributed by atoms with Gasteiger partial charge in [-0.1, -0.05) is 12.1 Å². The maximum absolute atomic E-state index is 11.2. The SMILES string of the molecule is Cc1cccc(N2CCN(c3cn[nH]c(=O)n3)CC2)c1. The lowest BCUT2D eigenvalue weighted by molar-refractivity contribution is 0.642. The number of rotatable bonds is 2. The molecule has 0 bridgehead atoms. The molecule has 0 saturated carbocycles. The van der Waals surface area contributed by atoms with Crippen molar-refractivity contribution in [1.82, 2.24) is 15.2 Å². The highest BCUT2D eigenvalue weighted by Gasteiger charge is 2.18. The first-order valence-electron chi connectivity index (χ1n) is 6.71. The predicted molar refractivity (Wildman–Crippen MR) is 78.3 cm³/mol. The van der Waals surface area contributed by atoms with Gasteiger partial charge < -0.3 is 9.80 Å². The average molecular weight is 271 g/mol. The van der Waals surface area contributed by atoms with Crippen molar-refractivity contribution in [3.8, 4) is 0 Å². The topological polar surface area (TPSA) is 65.1 Å². The summed E-state index contributed by atoms with van der Waals surface area (Å²) in [4.78, 5) is 19.6. The minimum absolute atomic E-state index is 0.399. The molecule has 0 spiro atoms. The van der Waals surface area contributed by atoms with Crippen molar-refractivity contribution >= 4 is 11.5 Å². The van der Waals surface area contributed by atoms with E-state index in [9.17, 15) is 4.79 Å². The molecule has 1 saturated heterocycles. The lowest BCUT2D eigenvalue weighted by Gasteiger charge is -2.36. The fourth-order valence-electron chi connectivity index (χ4n) is 2.47. The summed E-state index contributed by atoms with van der Waals surface area (Å²) >= 11 is 0. The second-order valence-electron chi connectivity index (χ2n) is 4.96. The van der Waals surface area contributed by atoms with E-state index in [1.807, 2.05) is 0 Å². The number of anilines is 2. The van der Waals surface area contributed by atoms with Gasteiger partial charge >= 0.3 is 5.69 Å². The minimum atomic E-state index is -0.399. The number of piperazine rings is 1. The molecule has 1 N–H and O–H groups in total. The Hall–Kier alpha value is -2.37. The zero-order valence-electron chi connectivity index (χ0n) is 11.4. The second-order valence-corrected chi connectivity index (χ2v) is 4.96. The van der Waals surface area contributed by atoms with E-state index in [1.54, 1.807) is 6.20 Å². The Morgan fingerprint density at radius 3 is 2.60 bits per heavy atom. The third-order valence-corrected chi connectivity index (χ3v) is 3.53. The monoisotopic (exact) mass is 271 g/mol. The van der Waals surface area contributed by atoms with E-state index in [-0.39, 0.29) is 0 Å². The van der Waals surface area contributed by atoms with Crippen LogP contribution in [0.4, 0.5) is 11.5 Å². The molecule has 6 nitrogen and oxygen atoms in total. The van der Waals surface area contributed by atoms with Crippen LogP contribution in [0.25, 0.3) is 0 Å². The van der Waals surface area contributed by atoms with Gasteiger partial charge in [-0.15, -0.1) is 0 Å². The van der Waals surface area contributed by atoms with Crippen LogP contribution < -0.4 is 15.5 Å². The molecule has 0 amide bonds. The molecule has 1 aromatic carbocycles. The normalized spacial score (nSPS) is 15.4. The van der Waals surface area contributed by atoms with Crippen molar-refractivity contribution in [2.75, 3.05) is 36.0 Å². The van der Waals surface area contributed by atoms with E-state index in [1.165, 1.54) is 11.3 Å². The first-order valence-corrected chi connectivity index (χ1v) is 6.71. The highest BCUT2D eigenvalue weighted by atomic mass is 16.1. The summed E-state index contributed by atoms with van der Waals surface area (Å²) in [5.74, 6) is 0.651. The summed E-state index contributed by atoms with van der Waals surface area (Å²) in [5, 5.41) is 6.09. The van der Waals surface area contributed by atoms with Gasteiger partial charge in [0.1, 0.15) is 0 Å². The number of H-pyrrole nitrogens is 1. The number of aromatic nitrogens is 3. The maximum atomic E-state index is 11.2. The smallest absolute Gasteiger partial charge is 0.363 e. The van der Waals surface area contributed by atoms with Gasteiger partial charge in [-0.3, -0.25) is 0 Å². The third-order valence-electron chi connectivity index (χ3n) is 3.53. The fourth-order valence-corrected chi connectivity index (χ4v) is 2.47. The molecular weight excluding hydrogens is 254 g/mol. The molecule has 1 aliphatic heterocycles.